The van der Waals surface area contributed by atoms with E-state index in [1.54, 1.807) is 13.8 Å². The lowest BCUT2D eigenvalue weighted by atomic mass is 10.1. The molecule has 3 nitrogen and oxygen atoms in total. The second-order valence-electron chi connectivity index (χ2n) is 2.51. The summed E-state index contributed by atoms with van der Waals surface area (Å²) in [6.07, 6.45) is 0. The second-order valence-corrected chi connectivity index (χ2v) is 3.67. The fraction of sp³-hybridized carbons (Fsp3) is 0.667. The first kappa shape index (κ1) is 10.7. The summed E-state index contributed by atoms with van der Waals surface area (Å²) in [5.41, 5.74) is 0. The first-order valence-electron chi connectivity index (χ1n) is 3.17. The molecule has 0 aliphatic heterocycles. The standard InChI is InChI=1S/C6H11NO2S2/c1-3(2)4(5(8)9)7-6(10)11/h3-4H,1-2H3,(H,8,9)(H2,7,10,11)/t4-/m0/s1. The van der Waals surface area contributed by atoms with Gasteiger partial charge in [-0.2, -0.15) is 0 Å². The molecule has 0 amide bonds. The van der Waals surface area contributed by atoms with E-state index in [0.29, 0.717) is 0 Å². The minimum absolute atomic E-state index is 0.00222. The normalized spacial score (nSPS) is 12.7. The van der Waals surface area contributed by atoms with Crippen molar-refractivity contribution in [2.24, 2.45) is 5.92 Å². The molecule has 0 heterocycles. The van der Waals surface area contributed by atoms with Crippen molar-refractivity contribution in [2.75, 3.05) is 0 Å². The number of rotatable bonds is 3. The Morgan fingerprint density at radius 1 is 1.64 bits per heavy atom. The fourth-order valence-electron chi connectivity index (χ4n) is 0.647. The van der Waals surface area contributed by atoms with Crippen LogP contribution >= 0.6 is 24.8 Å². The van der Waals surface area contributed by atoms with Gasteiger partial charge in [-0.15, -0.1) is 12.6 Å². The van der Waals surface area contributed by atoms with E-state index in [0.717, 1.165) is 0 Å². The number of carboxylic acid groups (broad SMARTS) is 1. The van der Waals surface area contributed by atoms with Crippen molar-refractivity contribution in [3.8, 4) is 0 Å². The Kier molecular flexibility index (Phi) is 4.44. The summed E-state index contributed by atoms with van der Waals surface area (Å²) in [5, 5.41) is 11.2. The maximum absolute atomic E-state index is 10.5. The van der Waals surface area contributed by atoms with Crippen molar-refractivity contribution in [1.29, 1.82) is 0 Å². The zero-order valence-corrected chi connectivity index (χ0v) is 8.08. The lowest BCUT2D eigenvalue weighted by Crippen LogP contribution is -2.42. The third-order valence-corrected chi connectivity index (χ3v) is 1.46. The Hall–Kier alpha value is -0.290. The highest BCUT2D eigenvalue weighted by Gasteiger charge is 2.20. The lowest BCUT2D eigenvalue weighted by Gasteiger charge is -2.17. The van der Waals surface area contributed by atoms with E-state index in [2.05, 4.69) is 30.2 Å². The van der Waals surface area contributed by atoms with Gasteiger partial charge >= 0.3 is 5.97 Å². The molecule has 5 heteroatoms. The van der Waals surface area contributed by atoms with Crippen LogP contribution in [0, 0.1) is 5.92 Å². The summed E-state index contributed by atoms with van der Waals surface area (Å²) < 4.78 is 0.214. The molecule has 0 unspecified atom stereocenters. The molecule has 64 valence electrons. The fourth-order valence-corrected chi connectivity index (χ4v) is 0.913. The maximum atomic E-state index is 10.5. The van der Waals surface area contributed by atoms with E-state index in [1.807, 2.05) is 0 Å². The summed E-state index contributed by atoms with van der Waals surface area (Å²) in [7, 11) is 0. The lowest BCUT2D eigenvalue weighted by molar-refractivity contribution is -0.140. The third kappa shape index (κ3) is 4.21. The third-order valence-electron chi connectivity index (χ3n) is 1.21. The number of nitrogens with one attached hydrogen (secondary N) is 1. The molecule has 0 aromatic carbocycles. The topological polar surface area (TPSA) is 49.3 Å². The molecule has 0 saturated carbocycles. The number of aliphatic carboxylic acids is 1. The van der Waals surface area contributed by atoms with Crippen molar-refractivity contribution in [3.63, 3.8) is 0 Å². The number of thiocarbonyl (C=S) groups is 1. The number of hydrogen-bond acceptors (Lipinski definition) is 2. The van der Waals surface area contributed by atoms with Crippen LogP contribution in [0.4, 0.5) is 0 Å². The highest BCUT2D eigenvalue weighted by Crippen LogP contribution is 2.02. The van der Waals surface area contributed by atoms with E-state index in [-0.39, 0.29) is 10.2 Å². The van der Waals surface area contributed by atoms with E-state index < -0.39 is 12.0 Å². The van der Waals surface area contributed by atoms with Gasteiger partial charge in [0.25, 0.3) is 0 Å². The van der Waals surface area contributed by atoms with Gasteiger partial charge in [0.1, 0.15) is 10.4 Å². The minimum atomic E-state index is -0.906. The van der Waals surface area contributed by atoms with Gasteiger partial charge in [-0.25, -0.2) is 4.79 Å². The summed E-state index contributed by atoms with van der Waals surface area (Å²) >= 11 is 8.38. The van der Waals surface area contributed by atoms with Crippen molar-refractivity contribution in [1.82, 2.24) is 5.32 Å². The van der Waals surface area contributed by atoms with Gasteiger partial charge in [-0.1, -0.05) is 26.1 Å². The van der Waals surface area contributed by atoms with E-state index in [9.17, 15) is 4.79 Å². The summed E-state index contributed by atoms with van der Waals surface area (Å²) in [4.78, 5) is 10.5. The van der Waals surface area contributed by atoms with Crippen molar-refractivity contribution in [3.05, 3.63) is 0 Å². The van der Waals surface area contributed by atoms with E-state index in [4.69, 9.17) is 5.11 Å². The van der Waals surface area contributed by atoms with Gasteiger partial charge in [0, 0.05) is 0 Å². The monoisotopic (exact) mass is 193 g/mol. The molecule has 0 saturated heterocycles. The Balaban J connectivity index is 4.12. The van der Waals surface area contributed by atoms with Crippen LogP contribution in [0.5, 0.6) is 0 Å². The Labute approximate surface area is 76.6 Å². The maximum Gasteiger partial charge on any atom is 0.326 e. The molecule has 2 N–H and O–H groups in total. The number of carbonyl (C=O) groups is 1. The minimum Gasteiger partial charge on any atom is -0.480 e. The summed E-state index contributed by atoms with van der Waals surface area (Å²) in [5.74, 6) is -0.908. The van der Waals surface area contributed by atoms with Gasteiger partial charge in [-0.3, -0.25) is 0 Å². The molecule has 0 aliphatic carbocycles. The van der Waals surface area contributed by atoms with Crippen molar-refractivity contribution >= 4 is 35.1 Å². The molecule has 0 aliphatic rings. The molecule has 0 aromatic heterocycles. The number of thiol groups is 1. The van der Waals surface area contributed by atoms with Gasteiger partial charge in [-0.05, 0) is 5.92 Å². The van der Waals surface area contributed by atoms with Crippen molar-refractivity contribution < 1.29 is 9.90 Å². The number of hydrogen-bond donors (Lipinski definition) is 3. The van der Waals surface area contributed by atoms with Gasteiger partial charge in [0.05, 0.1) is 0 Å². The summed E-state index contributed by atoms with van der Waals surface area (Å²) in [6, 6.07) is -0.639. The van der Waals surface area contributed by atoms with E-state index >= 15 is 0 Å². The van der Waals surface area contributed by atoms with E-state index in [1.165, 1.54) is 0 Å². The van der Waals surface area contributed by atoms with Crippen LogP contribution in [-0.4, -0.2) is 21.4 Å². The smallest absolute Gasteiger partial charge is 0.326 e. The van der Waals surface area contributed by atoms with Crippen LogP contribution < -0.4 is 5.32 Å². The average Bonchev–Trinajstić information content (AvgIpc) is 1.81. The van der Waals surface area contributed by atoms with Gasteiger partial charge in [0.2, 0.25) is 0 Å². The predicted octanol–water partition coefficient (Wildman–Crippen LogP) is 0.900. The molecule has 11 heavy (non-hydrogen) atoms. The molecule has 0 aromatic rings. The number of carboxylic acids is 1. The molecule has 0 spiro atoms. The van der Waals surface area contributed by atoms with Gasteiger partial charge < -0.3 is 10.4 Å². The molecule has 0 rings (SSSR count). The van der Waals surface area contributed by atoms with Crippen LogP contribution in [0.25, 0.3) is 0 Å². The van der Waals surface area contributed by atoms with Crippen LogP contribution in [0.3, 0.4) is 0 Å². The molecule has 0 radical (unpaired) electrons. The van der Waals surface area contributed by atoms with Crippen LogP contribution in [-0.2, 0) is 4.79 Å². The van der Waals surface area contributed by atoms with Crippen LogP contribution in [0.1, 0.15) is 13.8 Å². The summed E-state index contributed by atoms with van der Waals surface area (Å²) in [6.45, 7) is 3.61. The Morgan fingerprint density at radius 2 is 2.09 bits per heavy atom. The Bertz CT molecular complexity index is 170. The molecule has 1 atom stereocenters. The van der Waals surface area contributed by atoms with Crippen molar-refractivity contribution in [2.45, 2.75) is 19.9 Å². The second kappa shape index (κ2) is 4.56. The predicted molar refractivity (Wildman–Crippen MR) is 51.0 cm³/mol. The van der Waals surface area contributed by atoms with Gasteiger partial charge in [0.15, 0.2) is 0 Å². The largest absolute Gasteiger partial charge is 0.480 e. The molecular weight excluding hydrogens is 182 g/mol. The molecular formula is C6H11NO2S2. The first-order chi connectivity index (χ1) is 4.95. The Morgan fingerprint density at radius 3 is 2.18 bits per heavy atom. The first-order valence-corrected chi connectivity index (χ1v) is 4.03. The SMILES string of the molecule is CC(C)[C@H](NC(=S)S)C(=O)O. The highest BCUT2D eigenvalue weighted by molar-refractivity contribution is 8.11. The quantitative estimate of drug-likeness (QED) is 0.460. The zero-order valence-electron chi connectivity index (χ0n) is 6.37. The van der Waals surface area contributed by atoms with Crippen LogP contribution in [0.2, 0.25) is 0 Å². The zero-order chi connectivity index (χ0) is 9.02. The van der Waals surface area contributed by atoms with Crippen LogP contribution in [0.15, 0.2) is 0 Å². The molecule has 0 bridgehead atoms. The molecule has 0 fully saturated rings. The highest BCUT2D eigenvalue weighted by atomic mass is 32.1. The average molecular weight is 193 g/mol.